The van der Waals surface area contributed by atoms with E-state index in [4.69, 9.17) is 4.74 Å². The molecular formula is C14H18N2O. The number of hydrogen-bond donors (Lipinski definition) is 1. The second-order valence-corrected chi connectivity index (χ2v) is 4.48. The minimum Gasteiger partial charge on any atom is -0.378 e. The van der Waals surface area contributed by atoms with Crippen molar-refractivity contribution < 1.29 is 4.74 Å². The van der Waals surface area contributed by atoms with Crippen LogP contribution < -0.4 is 15.5 Å². The Labute approximate surface area is 101 Å². The van der Waals surface area contributed by atoms with Crippen molar-refractivity contribution in [2.45, 2.75) is 12.8 Å². The number of H-pyrrole nitrogens is 1. The molecule has 0 bridgehead atoms. The third kappa shape index (κ3) is 2.15. The van der Waals surface area contributed by atoms with Gasteiger partial charge < -0.3 is 14.6 Å². The highest BCUT2D eigenvalue weighted by molar-refractivity contribution is 5.55. The Morgan fingerprint density at radius 2 is 2.06 bits per heavy atom. The number of aromatic nitrogens is 1. The Bertz CT molecular complexity index is 521. The Morgan fingerprint density at radius 3 is 2.94 bits per heavy atom. The van der Waals surface area contributed by atoms with Crippen molar-refractivity contribution >= 4 is 17.8 Å². The number of nitrogens with zero attached hydrogens (tertiary/aromatic N) is 1. The molecule has 0 amide bonds. The predicted octanol–water partition coefficient (Wildman–Crippen LogP) is 0.762. The van der Waals surface area contributed by atoms with Crippen LogP contribution in [-0.2, 0) is 4.74 Å². The van der Waals surface area contributed by atoms with Gasteiger partial charge in [0.2, 0.25) is 0 Å². The molecule has 1 saturated heterocycles. The van der Waals surface area contributed by atoms with Crippen LogP contribution in [0, 0.1) is 0 Å². The van der Waals surface area contributed by atoms with Crippen LogP contribution in [0.15, 0.2) is 18.3 Å². The fraction of sp³-hybridized carbons (Fsp3) is 0.429. The number of anilines is 1. The lowest BCUT2D eigenvalue weighted by molar-refractivity contribution is 0.122. The third-order valence-corrected chi connectivity index (χ3v) is 3.36. The average Bonchev–Trinajstić information content (AvgIpc) is 2.72. The van der Waals surface area contributed by atoms with E-state index in [1.807, 2.05) is 0 Å². The van der Waals surface area contributed by atoms with Crippen molar-refractivity contribution in [3.63, 3.8) is 0 Å². The van der Waals surface area contributed by atoms with Crippen molar-refractivity contribution in [2.75, 3.05) is 31.2 Å². The maximum atomic E-state index is 5.40. The van der Waals surface area contributed by atoms with E-state index in [9.17, 15) is 0 Å². The fourth-order valence-electron chi connectivity index (χ4n) is 2.43. The molecule has 90 valence electrons. The molecule has 1 aliphatic heterocycles. The number of rotatable bonds is 1. The maximum absolute atomic E-state index is 5.40. The predicted molar refractivity (Wildman–Crippen MR) is 70.4 cm³/mol. The molecule has 0 saturated carbocycles. The molecule has 0 spiro atoms. The topological polar surface area (TPSA) is 28.3 Å². The van der Waals surface area contributed by atoms with E-state index in [-0.39, 0.29) is 0 Å². The van der Waals surface area contributed by atoms with Crippen LogP contribution in [0.2, 0.25) is 0 Å². The van der Waals surface area contributed by atoms with Gasteiger partial charge in [-0.3, -0.25) is 0 Å². The van der Waals surface area contributed by atoms with Gasteiger partial charge in [-0.2, -0.15) is 0 Å². The number of allylic oxidation sites excluding steroid dienone is 2. The molecule has 0 unspecified atom stereocenters. The third-order valence-electron chi connectivity index (χ3n) is 3.36. The molecule has 17 heavy (non-hydrogen) atoms. The lowest BCUT2D eigenvalue weighted by Gasteiger charge is -2.27. The largest absolute Gasteiger partial charge is 0.378 e. The first-order valence-corrected chi connectivity index (χ1v) is 6.32. The Hall–Kier alpha value is -1.48. The van der Waals surface area contributed by atoms with Gasteiger partial charge in [0.1, 0.15) is 0 Å². The van der Waals surface area contributed by atoms with Gasteiger partial charge >= 0.3 is 0 Å². The van der Waals surface area contributed by atoms with Crippen LogP contribution >= 0.6 is 0 Å². The van der Waals surface area contributed by atoms with Crippen LogP contribution in [0.25, 0.3) is 12.2 Å². The number of aromatic amines is 1. The number of fused-ring (bicyclic) bond motifs is 1. The SMILES string of the molecule is C1=CCCC=c2[nH]cc(N3CCOCC3)c2=C1. The minimum absolute atomic E-state index is 0.833. The van der Waals surface area contributed by atoms with Gasteiger partial charge in [0.25, 0.3) is 0 Å². The number of ether oxygens (including phenoxy) is 1. The monoisotopic (exact) mass is 230 g/mol. The molecule has 0 radical (unpaired) electrons. The van der Waals surface area contributed by atoms with E-state index < -0.39 is 0 Å². The first kappa shape index (κ1) is 10.7. The Balaban J connectivity index is 2.04. The first-order chi connectivity index (χ1) is 8.45. The van der Waals surface area contributed by atoms with Gasteiger partial charge in [-0.15, -0.1) is 0 Å². The summed E-state index contributed by atoms with van der Waals surface area (Å²) in [6.07, 6.45) is 13.3. The molecule has 3 nitrogen and oxygen atoms in total. The maximum Gasteiger partial charge on any atom is 0.0642 e. The van der Waals surface area contributed by atoms with Crippen molar-refractivity contribution in [3.05, 3.63) is 28.9 Å². The van der Waals surface area contributed by atoms with Crippen LogP contribution in [0.1, 0.15) is 12.8 Å². The molecule has 1 aromatic heterocycles. The van der Waals surface area contributed by atoms with Gasteiger partial charge in [-0.25, -0.2) is 0 Å². The molecule has 2 aliphatic rings. The summed E-state index contributed by atoms with van der Waals surface area (Å²) >= 11 is 0. The first-order valence-electron chi connectivity index (χ1n) is 6.32. The van der Waals surface area contributed by atoms with Gasteiger partial charge in [0, 0.05) is 29.9 Å². The van der Waals surface area contributed by atoms with E-state index >= 15 is 0 Å². The molecule has 3 heteroatoms. The van der Waals surface area contributed by atoms with Crippen LogP contribution in [-0.4, -0.2) is 31.3 Å². The Kier molecular flexibility index (Phi) is 3.01. The average molecular weight is 230 g/mol. The second-order valence-electron chi connectivity index (χ2n) is 4.48. The quantitative estimate of drug-likeness (QED) is 0.771. The number of hydrogen-bond acceptors (Lipinski definition) is 2. The van der Waals surface area contributed by atoms with Gasteiger partial charge in [-0.1, -0.05) is 24.3 Å². The summed E-state index contributed by atoms with van der Waals surface area (Å²) in [7, 11) is 0. The molecule has 1 aliphatic carbocycles. The molecule has 2 heterocycles. The van der Waals surface area contributed by atoms with Gasteiger partial charge in [-0.05, 0) is 12.8 Å². The number of morpholine rings is 1. The lowest BCUT2D eigenvalue weighted by Crippen LogP contribution is -2.39. The van der Waals surface area contributed by atoms with E-state index in [1.165, 1.54) is 16.3 Å². The zero-order chi connectivity index (χ0) is 11.5. The molecule has 0 aromatic carbocycles. The zero-order valence-electron chi connectivity index (χ0n) is 9.98. The summed E-state index contributed by atoms with van der Waals surface area (Å²) in [6.45, 7) is 3.64. The van der Waals surface area contributed by atoms with E-state index in [0.717, 1.165) is 39.1 Å². The normalized spacial score (nSPS) is 19.9. The van der Waals surface area contributed by atoms with Gasteiger partial charge in [0.05, 0.1) is 18.9 Å². The van der Waals surface area contributed by atoms with Crippen molar-refractivity contribution in [1.29, 1.82) is 0 Å². The summed E-state index contributed by atoms with van der Waals surface area (Å²) in [5.41, 5.74) is 1.31. The molecule has 3 rings (SSSR count). The Morgan fingerprint density at radius 1 is 1.18 bits per heavy atom. The minimum atomic E-state index is 0.833. The summed E-state index contributed by atoms with van der Waals surface area (Å²) in [4.78, 5) is 5.79. The fourth-order valence-corrected chi connectivity index (χ4v) is 2.43. The van der Waals surface area contributed by atoms with E-state index in [2.05, 4.69) is 40.4 Å². The van der Waals surface area contributed by atoms with Crippen molar-refractivity contribution in [1.82, 2.24) is 4.98 Å². The number of nitrogens with one attached hydrogen (secondary N) is 1. The molecule has 1 fully saturated rings. The summed E-state index contributed by atoms with van der Waals surface area (Å²) in [5, 5.41) is 2.58. The summed E-state index contributed by atoms with van der Waals surface area (Å²) < 4.78 is 5.40. The smallest absolute Gasteiger partial charge is 0.0642 e. The molecule has 1 N–H and O–H groups in total. The van der Waals surface area contributed by atoms with Crippen LogP contribution in [0.3, 0.4) is 0 Å². The van der Waals surface area contributed by atoms with E-state index in [0.29, 0.717) is 0 Å². The zero-order valence-corrected chi connectivity index (χ0v) is 9.98. The van der Waals surface area contributed by atoms with Gasteiger partial charge in [0.15, 0.2) is 0 Å². The molecule has 0 atom stereocenters. The highest BCUT2D eigenvalue weighted by Crippen LogP contribution is 2.08. The van der Waals surface area contributed by atoms with Crippen molar-refractivity contribution in [2.24, 2.45) is 0 Å². The standard InChI is InChI=1S/C14H18N2O/c1-2-4-6-13-12(5-3-1)14(11-15-13)16-7-9-17-10-8-16/h1,3,5-6,11,15H,2,4,7-10H2. The summed E-state index contributed by atoms with van der Waals surface area (Å²) in [5.74, 6) is 0. The molecular weight excluding hydrogens is 212 g/mol. The van der Waals surface area contributed by atoms with Crippen molar-refractivity contribution in [3.8, 4) is 0 Å². The van der Waals surface area contributed by atoms with Crippen LogP contribution in [0.5, 0.6) is 0 Å². The summed E-state index contributed by atoms with van der Waals surface area (Å²) in [6, 6.07) is 0. The van der Waals surface area contributed by atoms with E-state index in [1.54, 1.807) is 0 Å². The van der Waals surface area contributed by atoms with Crippen LogP contribution in [0.4, 0.5) is 5.69 Å². The second kappa shape index (κ2) is 4.80. The highest BCUT2D eigenvalue weighted by Gasteiger charge is 2.13. The molecule has 1 aromatic rings. The highest BCUT2D eigenvalue weighted by atomic mass is 16.5. The lowest BCUT2D eigenvalue weighted by atomic mass is 10.2.